The van der Waals surface area contributed by atoms with Gasteiger partial charge in [-0.15, -0.1) is 5.10 Å². The lowest BCUT2D eigenvalue weighted by atomic mass is 10.3. The van der Waals surface area contributed by atoms with Gasteiger partial charge in [-0.2, -0.15) is 0 Å². The van der Waals surface area contributed by atoms with E-state index in [4.69, 9.17) is 4.42 Å². The molecule has 102 valence electrons. The fraction of sp³-hybridized carbons (Fsp3) is 0.231. The molecule has 0 bridgehead atoms. The van der Waals surface area contributed by atoms with Crippen molar-refractivity contribution in [2.24, 2.45) is 7.05 Å². The van der Waals surface area contributed by atoms with Gasteiger partial charge in [-0.25, -0.2) is 4.98 Å². The van der Waals surface area contributed by atoms with E-state index in [2.05, 4.69) is 20.6 Å². The summed E-state index contributed by atoms with van der Waals surface area (Å²) in [5.41, 5.74) is 1.87. The Hall–Kier alpha value is -2.70. The number of hydrogen-bond acceptors (Lipinski definition) is 5. The molecule has 0 aliphatic rings. The zero-order valence-corrected chi connectivity index (χ0v) is 10.9. The van der Waals surface area contributed by atoms with Crippen molar-refractivity contribution in [3.05, 3.63) is 42.0 Å². The average Bonchev–Trinajstić information content (AvgIpc) is 3.04. The number of hydrogen-bond donors (Lipinski definition) is 1. The lowest BCUT2D eigenvalue weighted by molar-refractivity contribution is 0.0948. The smallest absolute Gasteiger partial charge is 0.273 e. The zero-order chi connectivity index (χ0) is 13.9. The summed E-state index contributed by atoms with van der Waals surface area (Å²) >= 11 is 0. The molecule has 0 atom stereocenters. The van der Waals surface area contributed by atoms with Crippen LogP contribution in [-0.4, -0.2) is 32.4 Å². The van der Waals surface area contributed by atoms with Crippen LogP contribution in [0.3, 0.4) is 0 Å². The third kappa shape index (κ3) is 2.51. The van der Waals surface area contributed by atoms with Gasteiger partial charge in [0.05, 0.1) is 6.20 Å². The molecule has 2 aromatic heterocycles. The van der Waals surface area contributed by atoms with Crippen molar-refractivity contribution < 1.29 is 9.21 Å². The van der Waals surface area contributed by atoms with Gasteiger partial charge in [-0.1, -0.05) is 17.3 Å². The molecular formula is C13H13N5O2. The summed E-state index contributed by atoms with van der Waals surface area (Å²) in [4.78, 5) is 16.1. The first-order chi connectivity index (χ1) is 9.72. The summed E-state index contributed by atoms with van der Waals surface area (Å²) in [6, 6.07) is 7.56. The maximum Gasteiger partial charge on any atom is 0.273 e. The van der Waals surface area contributed by atoms with E-state index in [-0.39, 0.29) is 5.91 Å². The molecule has 3 aromatic rings. The summed E-state index contributed by atoms with van der Waals surface area (Å²) in [7, 11) is 1.71. The van der Waals surface area contributed by atoms with E-state index in [9.17, 15) is 4.79 Å². The summed E-state index contributed by atoms with van der Waals surface area (Å²) in [5.74, 6) is 0.347. The molecule has 0 unspecified atom stereocenters. The first-order valence-electron chi connectivity index (χ1n) is 6.21. The summed E-state index contributed by atoms with van der Waals surface area (Å²) in [6.45, 7) is 0.433. The van der Waals surface area contributed by atoms with Crippen LogP contribution in [0.2, 0.25) is 0 Å². The molecule has 0 spiro atoms. The topological polar surface area (TPSA) is 85.8 Å². The molecule has 1 N–H and O–H groups in total. The Morgan fingerprint density at radius 1 is 1.40 bits per heavy atom. The molecule has 0 saturated carbocycles. The number of carbonyl (C=O) groups excluding carboxylic acids is 1. The molecule has 7 nitrogen and oxygen atoms in total. The highest BCUT2D eigenvalue weighted by Gasteiger charge is 2.10. The minimum Gasteiger partial charge on any atom is -0.441 e. The highest BCUT2D eigenvalue weighted by atomic mass is 16.3. The van der Waals surface area contributed by atoms with Crippen LogP contribution in [0.1, 0.15) is 16.4 Å². The van der Waals surface area contributed by atoms with E-state index in [0.717, 1.165) is 11.1 Å². The minimum absolute atomic E-state index is 0.255. The Balaban J connectivity index is 1.58. The Kier molecular flexibility index (Phi) is 3.16. The van der Waals surface area contributed by atoms with Crippen LogP contribution < -0.4 is 5.32 Å². The van der Waals surface area contributed by atoms with E-state index >= 15 is 0 Å². The molecule has 0 saturated heterocycles. The summed E-state index contributed by atoms with van der Waals surface area (Å²) in [6.07, 6.45) is 2.09. The van der Waals surface area contributed by atoms with Gasteiger partial charge in [0, 0.05) is 20.0 Å². The van der Waals surface area contributed by atoms with Crippen molar-refractivity contribution in [3.63, 3.8) is 0 Å². The number of aromatic nitrogens is 4. The third-order valence-electron chi connectivity index (χ3n) is 2.80. The number of oxazole rings is 1. The van der Waals surface area contributed by atoms with Gasteiger partial charge in [0.2, 0.25) is 0 Å². The van der Waals surface area contributed by atoms with E-state index in [1.807, 2.05) is 24.3 Å². The van der Waals surface area contributed by atoms with E-state index in [0.29, 0.717) is 24.6 Å². The Morgan fingerprint density at radius 3 is 3.00 bits per heavy atom. The first kappa shape index (κ1) is 12.3. The van der Waals surface area contributed by atoms with Gasteiger partial charge in [-0.05, 0) is 12.1 Å². The largest absolute Gasteiger partial charge is 0.441 e. The lowest BCUT2D eigenvalue weighted by Crippen LogP contribution is -2.26. The van der Waals surface area contributed by atoms with Crippen molar-refractivity contribution in [2.45, 2.75) is 6.42 Å². The standard InChI is InChI=1S/C13H13N5O2/c1-18-8-10(16-17-18)13(19)14-7-6-12-15-9-4-2-3-5-11(9)20-12/h2-5,8H,6-7H2,1H3,(H,14,19). The van der Waals surface area contributed by atoms with Gasteiger partial charge < -0.3 is 9.73 Å². The Bertz CT molecular complexity index is 713. The van der Waals surface area contributed by atoms with Crippen molar-refractivity contribution in [3.8, 4) is 0 Å². The highest BCUT2D eigenvalue weighted by Crippen LogP contribution is 2.14. The number of benzene rings is 1. The molecular weight excluding hydrogens is 258 g/mol. The molecule has 7 heteroatoms. The van der Waals surface area contributed by atoms with E-state index < -0.39 is 0 Å². The van der Waals surface area contributed by atoms with Crippen LogP contribution in [-0.2, 0) is 13.5 Å². The predicted octanol–water partition coefficient (Wildman–Crippen LogP) is 0.929. The van der Waals surface area contributed by atoms with Crippen molar-refractivity contribution >= 4 is 17.0 Å². The normalized spacial score (nSPS) is 10.8. The second kappa shape index (κ2) is 5.12. The Labute approximate surface area is 114 Å². The number of amides is 1. The van der Waals surface area contributed by atoms with Gasteiger partial charge in [0.15, 0.2) is 17.2 Å². The Morgan fingerprint density at radius 2 is 2.25 bits per heavy atom. The molecule has 0 radical (unpaired) electrons. The number of para-hydroxylation sites is 2. The van der Waals surface area contributed by atoms with Gasteiger partial charge >= 0.3 is 0 Å². The van der Waals surface area contributed by atoms with Crippen molar-refractivity contribution in [1.82, 2.24) is 25.3 Å². The van der Waals surface area contributed by atoms with Gasteiger partial charge in [-0.3, -0.25) is 9.48 Å². The maximum atomic E-state index is 11.7. The molecule has 20 heavy (non-hydrogen) atoms. The SMILES string of the molecule is Cn1cc(C(=O)NCCc2nc3ccccc3o2)nn1. The van der Waals surface area contributed by atoms with Gasteiger partial charge in [0.25, 0.3) is 5.91 Å². The number of carbonyl (C=O) groups is 1. The van der Waals surface area contributed by atoms with Crippen LogP contribution in [0, 0.1) is 0 Å². The number of rotatable bonds is 4. The third-order valence-corrected chi connectivity index (χ3v) is 2.80. The molecule has 0 fully saturated rings. The lowest BCUT2D eigenvalue weighted by Gasteiger charge is -1.99. The fourth-order valence-electron chi connectivity index (χ4n) is 1.85. The number of aryl methyl sites for hydroxylation is 1. The second-order valence-electron chi connectivity index (χ2n) is 4.36. The summed E-state index contributed by atoms with van der Waals surface area (Å²) in [5, 5.41) is 10.2. The summed E-state index contributed by atoms with van der Waals surface area (Å²) < 4.78 is 7.05. The minimum atomic E-state index is -0.255. The first-order valence-corrected chi connectivity index (χ1v) is 6.21. The number of fused-ring (bicyclic) bond motifs is 1. The number of nitrogens with zero attached hydrogens (tertiary/aromatic N) is 4. The van der Waals surface area contributed by atoms with Crippen LogP contribution in [0.25, 0.3) is 11.1 Å². The van der Waals surface area contributed by atoms with Crippen LogP contribution in [0.5, 0.6) is 0 Å². The maximum absolute atomic E-state index is 11.7. The zero-order valence-electron chi connectivity index (χ0n) is 10.9. The molecule has 0 aliphatic heterocycles. The van der Waals surface area contributed by atoms with Crippen molar-refractivity contribution in [1.29, 1.82) is 0 Å². The fourth-order valence-corrected chi connectivity index (χ4v) is 1.85. The second-order valence-corrected chi connectivity index (χ2v) is 4.36. The van der Waals surface area contributed by atoms with Gasteiger partial charge in [0.1, 0.15) is 5.52 Å². The molecule has 1 aromatic carbocycles. The predicted molar refractivity (Wildman–Crippen MR) is 71.0 cm³/mol. The van der Waals surface area contributed by atoms with Crippen molar-refractivity contribution in [2.75, 3.05) is 6.54 Å². The highest BCUT2D eigenvalue weighted by molar-refractivity contribution is 5.91. The molecule has 0 aliphatic carbocycles. The van der Waals surface area contributed by atoms with Crippen LogP contribution in [0.15, 0.2) is 34.9 Å². The molecule has 1 amide bonds. The molecule has 2 heterocycles. The number of nitrogens with one attached hydrogen (secondary N) is 1. The van der Waals surface area contributed by atoms with E-state index in [1.165, 1.54) is 4.68 Å². The monoisotopic (exact) mass is 271 g/mol. The van der Waals surface area contributed by atoms with E-state index in [1.54, 1.807) is 13.2 Å². The average molecular weight is 271 g/mol. The van der Waals surface area contributed by atoms with Crippen LogP contribution >= 0.6 is 0 Å². The quantitative estimate of drug-likeness (QED) is 0.762. The molecule has 3 rings (SSSR count). The van der Waals surface area contributed by atoms with Crippen LogP contribution in [0.4, 0.5) is 0 Å².